The molecule has 2 rings (SSSR count). The number of carbonyl (C=O) groups is 1. The van der Waals surface area contributed by atoms with Gasteiger partial charge in [0.1, 0.15) is 0 Å². The fourth-order valence-corrected chi connectivity index (χ4v) is 2.77. The third kappa shape index (κ3) is 5.68. The van der Waals surface area contributed by atoms with Gasteiger partial charge >= 0.3 is 0 Å². The summed E-state index contributed by atoms with van der Waals surface area (Å²) in [5.74, 6) is 0.639. The summed E-state index contributed by atoms with van der Waals surface area (Å²) < 4.78 is 0. The highest BCUT2D eigenvalue weighted by Gasteiger charge is 2.25. The zero-order chi connectivity index (χ0) is 14.4. The van der Waals surface area contributed by atoms with Gasteiger partial charge in [-0.2, -0.15) is 0 Å². The van der Waals surface area contributed by atoms with Gasteiger partial charge in [0.25, 0.3) is 0 Å². The zero-order valence-electron chi connectivity index (χ0n) is 13.0. The second-order valence-corrected chi connectivity index (χ2v) is 6.07. The van der Waals surface area contributed by atoms with Gasteiger partial charge < -0.3 is 10.6 Å². The molecule has 0 spiro atoms. The first-order valence-electron chi connectivity index (χ1n) is 7.72. The molecule has 1 unspecified atom stereocenters. The number of nitrogens with one attached hydrogen (secondary N) is 2. The van der Waals surface area contributed by atoms with Crippen LogP contribution in [0, 0.1) is 11.8 Å². The molecule has 1 aliphatic heterocycles. The molecule has 1 aliphatic rings. The van der Waals surface area contributed by atoms with Crippen LogP contribution in [-0.4, -0.2) is 25.0 Å². The van der Waals surface area contributed by atoms with Crippen molar-refractivity contribution in [2.75, 3.05) is 13.1 Å². The van der Waals surface area contributed by atoms with Gasteiger partial charge in [0, 0.05) is 12.0 Å². The van der Waals surface area contributed by atoms with E-state index in [1.54, 1.807) is 0 Å². The summed E-state index contributed by atoms with van der Waals surface area (Å²) in [5.41, 5.74) is 1.24. The Balaban J connectivity index is 0.00000220. The Morgan fingerprint density at radius 3 is 2.43 bits per heavy atom. The normalized spacial score (nSPS) is 17.1. The predicted molar refractivity (Wildman–Crippen MR) is 89.8 cm³/mol. The van der Waals surface area contributed by atoms with Gasteiger partial charge in [-0.05, 0) is 43.8 Å². The molecule has 0 aliphatic carbocycles. The first kappa shape index (κ1) is 18.0. The lowest BCUT2D eigenvalue weighted by molar-refractivity contribution is -0.127. The molecule has 0 saturated carbocycles. The van der Waals surface area contributed by atoms with Gasteiger partial charge in [-0.3, -0.25) is 4.79 Å². The van der Waals surface area contributed by atoms with Crippen molar-refractivity contribution in [1.29, 1.82) is 0 Å². The molecular formula is C17H27ClN2O. The van der Waals surface area contributed by atoms with E-state index in [0.717, 1.165) is 32.4 Å². The number of piperidine rings is 1. The Bertz CT molecular complexity index is 416. The molecule has 118 valence electrons. The van der Waals surface area contributed by atoms with Gasteiger partial charge in [0.05, 0.1) is 0 Å². The van der Waals surface area contributed by atoms with Gasteiger partial charge in [-0.25, -0.2) is 0 Å². The molecule has 0 aromatic heterocycles. The molecule has 1 heterocycles. The number of halogens is 1. The maximum atomic E-state index is 12.5. The van der Waals surface area contributed by atoms with Crippen LogP contribution in [0.1, 0.15) is 32.3 Å². The number of hydrogen-bond donors (Lipinski definition) is 2. The van der Waals surface area contributed by atoms with Gasteiger partial charge in [0.2, 0.25) is 5.91 Å². The minimum Gasteiger partial charge on any atom is -0.353 e. The van der Waals surface area contributed by atoms with E-state index in [1.807, 2.05) is 18.2 Å². The van der Waals surface area contributed by atoms with Crippen molar-refractivity contribution in [1.82, 2.24) is 10.6 Å². The highest BCUT2D eigenvalue weighted by atomic mass is 35.5. The molecule has 21 heavy (non-hydrogen) atoms. The van der Waals surface area contributed by atoms with Crippen LogP contribution in [0.2, 0.25) is 0 Å². The summed E-state index contributed by atoms with van der Waals surface area (Å²) in [6, 6.07) is 10.7. The maximum Gasteiger partial charge on any atom is 0.223 e. The molecule has 1 atom stereocenters. The smallest absolute Gasteiger partial charge is 0.223 e. The predicted octanol–water partition coefficient (Wildman–Crippen LogP) is 2.79. The second kappa shape index (κ2) is 9.06. The van der Waals surface area contributed by atoms with Crippen molar-refractivity contribution >= 4 is 18.3 Å². The lowest BCUT2D eigenvalue weighted by Gasteiger charge is -2.27. The van der Waals surface area contributed by atoms with E-state index in [-0.39, 0.29) is 24.2 Å². The average molecular weight is 311 g/mol. The van der Waals surface area contributed by atoms with Crippen molar-refractivity contribution in [3.8, 4) is 0 Å². The number of rotatable bonds is 5. The SMILES string of the molecule is CC(C)C(Cc1ccccc1)C(=O)NC1CCNCC1.Cl. The molecule has 1 saturated heterocycles. The van der Waals surface area contributed by atoms with E-state index in [9.17, 15) is 4.79 Å². The van der Waals surface area contributed by atoms with Crippen LogP contribution in [-0.2, 0) is 11.2 Å². The number of hydrogen-bond acceptors (Lipinski definition) is 2. The van der Waals surface area contributed by atoms with E-state index >= 15 is 0 Å². The number of amides is 1. The largest absolute Gasteiger partial charge is 0.353 e. The number of benzene rings is 1. The van der Waals surface area contributed by atoms with Crippen molar-refractivity contribution in [2.24, 2.45) is 11.8 Å². The maximum absolute atomic E-state index is 12.5. The van der Waals surface area contributed by atoms with Crippen LogP contribution in [0.15, 0.2) is 30.3 Å². The standard InChI is InChI=1S/C17H26N2O.ClH/c1-13(2)16(12-14-6-4-3-5-7-14)17(20)19-15-8-10-18-11-9-15;/h3-7,13,15-16,18H,8-12H2,1-2H3,(H,19,20);1H. The molecule has 4 heteroatoms. The molecule has 1 fully saturated rings. The molecular weight excluding hydrogens is 284 g/mol. The first-order chi connectivity index (χ1) is 9.66. The fraction of sp³-hybridized carbons (Fsp3) is 0.588. The van der Waals surface area contributed by atoms with Crippen molar-refractivity contribution in [3.63, 3.8) is 0 Å². The van der Waals surface area contributed by atoms with E-state index in [4.69, 9.17) is 0 Å². The Morgan fingerprint density at radius 2 is 1.86 bits per heavy atom. The van der Waals surface area contributed by atoms with Crippen LogP contribution in [0.4, 0.5) is 0 Å². The molecule has 0 bridgehead atoms. The van der Waals surface area contributed by atoms with Crippen LogP contribution in [0.3, 0.4) is 0 Å². The molecule has 3 nitrogen and oxygen atoms in total. The molecule has 1 amide bonds. The minimum atomic E-state index is 0. The van der Waals surface area contributed by atoms with E-state index in [2.05, 4.69) is 36.6 Å². The first-order valence-corrected chi connectivity index (χ1v) is 7.72. The third-order valence-electron chi connectivity index (χ3n) is 4.13. The summed E-state index contributed by atoms with van der Waals surface area (Å²) in [5, 5.41) is 6.57. The van der Waals surface area contributed by atoms with E-state index in [0.29, 0.717) is 12.0 Å². The lowest BCUT2D eigenvalue weighted by atomic mass is 9.88. The van der Waals surface area contributed by atoms with Crippen LogP contribution in [0.5, 0.6) is 0 Å². The summed E-state index contributed by atoms with van der Waals surface area (Å²) >= 11 is 0. The summed E-state index contributed by atoms with van der Waals surface area (Å²) in [4.78, 5) is 12.5. The third-order valence-corrected chi connectivity index (χ3v) is 4.13. The number of carbonyl (C=O) groups excluding carboxylic acids is 1. The minimum absolute atomic E-state index is 0. The highest BCUT2D eigenvalue weighted by Crippen LogP contribution is 2.18. The zero-order valence-corrected chi connectivity index (χ0v) is 13.8. The second-order valence-electron chi connectivity index (χ2n) is 6.07. The average Bonchev–Trinajstić information content (AvgIpc) is 2.46. The molecule has 0 radical (unpaired) electrons. The fourth-order valence-electron chi connectivity index (χ4n) is 2.77. The van der Waals surface area contributed by atoms with E-state index < -0.39 is 0 Å². The Morgan fingerprint density at radius 1 is 1.24 bits per heavy atom. The molecule has 1 aromatic rings. The monoisotopic (exact) mass is 310 g/mol. The Labute approximate surface area is 134 Å². The summed E-state index contributed by atoms with van der Waals surface area (Å²) in [7, 11) is 0. The Kier molecular flexibility index (Phi) is 7.76. The quantitative estimate of drug-likeness (QED) is 0.878. The van der Waals surface area contributed by atoms with Gasteiger partial charge in [-0.1, -0.05) is 44.2 Å². The topological polar surface area (TPSA) is 41.1 Å². The summed E-state index contributed by atoms with van der Waals surface area (Å²) in [6.45, 7) is 6.29. The van der Waals surface area contributed by atoms with Gasteiger partial charge in [0.15, 0.2) is 0 Å². The van der Waals surface area contributed by atoms with Crippen molar-refractivity contribution in [3.05, 3.63) is 35.9 Å². The Hall–Kier alpha value is -1.06. The van der Waals surface area contributed by atoms with Crippen LogP contribution < -0.4 is 10.6 Å². The highest BCUT2D eigenvalue weighted by molar-refractivity contribution is 5.85. The summed E-state index contributed by atoms with van der Waals surface area (Å²) in [6.07, 6.45) is 2.92. The van der Waals surface area contributed by atoms with Gasteiger partial charge in [-0.15, -0.1) is 12.4 Å². The molecule has 2 N–H and O–H groups in total. The van der Waals surface area contributed by atoms with Crippen LogP contribution in [0.25, 0.3) is 0 Å². The van der Waals surface area contributed by atoms with E-state index in [1.165, 1.54) is 5.56 Å². The van der Waals surface area contributed by atoms with Crippen LogP contribution >= 0.6 is 12.4 Å². The van der Waals surface area contributed by atoms with Crippen molar-refractivity contribution in [2.45, 2.75) is 39.2 Å². The van der Waals surface area contributed by atoms with Crippen molar-refractivity contribution < 1.29 is 4.79 Å². The lowest BCUT2D eigenvalue weighted by Crippen LogP contribution is -2.46. The molecule has 1 aromatic carbocycles.